The van der Waals surface area contributed by atoms with E-state index >= 15 is 0 Å². The smallest absolute Gasteiger partial charge is 0.459 e. The molecule has 148 valence electrons. The fraction of sp³-hybridized carbons (Fsp3) is 0.250. The largest absolute Gasteiger partial charge is 0.516 e. The van der Waals surface area contributed by atoms with Crippen LogP contribution in [0.1, 0.15) is 17.5 Å². The van der Waals surface area contributed by atoms with E-state index in [9.17, 15) is 14.4 Å². The molecule has 0 spiro atoms. The third-order valence-electron chi connectivity index (χ3n) is 3.86. The summed E-state index contributed by atoms with van der Waals surface area (Å²) in [6, 6.07) is 17.7. The number of benzene rings is 2. The molecule has 0 aromatic heterocycles. The topological polar surface area (TPSA) is 131 Å². The van der Waals surface area contributed by atoms with E-state index in [-0.39, 0.29) is 26.2 Å². The Morgan fingerprint density at radius 2 is 1.29 bits per heavy atom. The highest BCUT2D eigenvalue weighted by Gasteiger charge is 2.46. The summed E-state index contributed by atoms with van der Waals surface area (Å²) < 4.78 is 14.5. The van der Waals surface area contributed by atoms with E-state index in [4.69, 9.17) is 20.9 Å². The maximum Gasteiger partial charge on any atom is 0.516 e. The molecule has 0 aliphatic rings. The molecule has 0 radical (unpaired) electrons. The molecule has 2 rings (SSSR count). The summed E-state index contributed by atoms with van der Waals surface area (Å²) in [4.78, 5) is 36.5. The van der Waals surface area contributed by atoms with Gasteiger partial charge in [-0.25, -0.2) is 14.4 Å². The van der Waals surface area contributed by atoms with Crippen LogP contribution in [0.5, 0.6) is 0 Å². The monoisotopic (exact) mass is 386 g/mol. The normalized spacial score (nSPS) is 12.5. The van der Waals surface area contributed by atoms with Crippen molar-refractivity contribution in [1.82, 2.24) is 0 Å². The van der Waals surface area contributed by atoms with E-state index in [1.807, 2.05) is 12.1 Å². The van der Waals surface area contributed by atoms with Crippen molar-refractivity contribution in [3.63, 3.8) is 0 Å². The van der Waals surface area contributed by atoms with Crippen LogP contribution in [0.4, 0.5) is 4.79 Å². The van der Waals surface area contributed by atoms with Gasteiger partial charge in [0.1, 0.15) is 13.2 Å². The molecule has 1 unspecified atom stereocenters. The highest BCUT2D eigenvalue weighted by molar-refractivity contribution is 6.07. The number of carbonyl (C=O) groups excluding carboxylic acids is 3. The van der Waals surface area contributed by atoms with E-state index in [0.717, 1.165) is 0 Å². The van der Waals surface area contributed by atoms with E-state index in [1.54, 1.807) is 48.5 Å². The zero-order valence-electron chi connectivity index (χ0n) is 15.2. The zero-order valence-corrected chi connectivity index (χ0v) is 15.2. The molecule has 28 heavy (non-hydrogen) atoms. The average Bonchev–Trinajstić information content (AvgIpc) is 2.72. The number of rotatable bonds is 8. The van der Waals surface area contributed by atoms with Crippen molar-refractivity contribution >= 4 is 18.1 Å². The van der Waals surface area contributed by atoms with Crippen molar-refractivity contribution in [2.75, 3.05) is 6.54 Å². The molecule has 0 aliphatic heterocycles. The Morgan fingerprint density at radius 1 is 0.786 bits per heavy atom. The van der Waals surface area contributed by atoms with Crippen molar-refractivity contribution in [2.24, 2.45) is 11.5 Å². The third-order valence-corrected chi connectivity index (χ3v) is 3.86. The van der Waals surface area contributed by atoms with Crippen LogP contribution >= 0.6 is 0 Å². The van der Waals surface area contributed by atoms with Gasteiger partial charge in [-0.3, -0.25) is 0 Å². The number of hydrogen-bond acceptors (Lipinski definition) is 8. The first-order chi connectivity index (χ1) is 13.5. The van der Waals surface area contributed by atoms with Crippen LogP contribution < -0.4 is 11.5 Å². The number of esters is 2. The summed E-state index contributed by atoms with van der Waals surface area (Å²) >= 11 is 0. The Balaban J connectivity index is 1.94. The van der Waals surface area contributed by atoms with Gasteiger partial charge < -0.3 is 25.7 Å². The van der Waals surface area contributed by atoms with Gasteiger partial charge in [0, 0.05) is 0 Å². The van der Waals surface area contributed by atoms with E-state index in [2.05, 4.69) is 4.74 Å². The minimum absolute atomic E-state index is 0.0884. The second-order valence-corrected chi connectivity index (χ2v) is 5.99. The molecule has 0 aliphatic carbocycles. The lowest BCUT2D eigenvalue weighted by molar-refractivity contribution is -0.163. The second-order valence-electron chi connectivity index (χ2n) is 5.99. The second kappa shape index (κ2) is 10.2. The lowest BCUT2D eigenvalue weighted by atomic mass is 9.97. The Kier molecular flexibility index (Phi) is 7.67. The Bertz CT molecular complexity index is 797. The highest BCUT2D eigenvalue weighted by atomic mass is 16.7. The van der Waals surface area contributed by atoms with Crippen molar-refractivity contribution in [1.29, 1.82) is 0 Å². The molecule has 0 amide bonds. The lowest BCUT2D eigenvalue weighted by Gasteiger charge is -2.23. The van der Waals surface area contributed by atoms with Crippen LogP contribution in [0.2, 0.25) is 0 Å². The van der Waals surface area contributed by atoms with Crippen LogP contribution in [0.3, 0.4) is 0 Å². The fourth-order valence-electron chi connectivity index (χ4n) is 2.28. The predicted molar refractivity (Wildman–Crippen MR) is 99.5 cm³/mol. The fourth-order valence-corrected chi connectivity index (χ4v) is 2.28. The lowest BCUT2D eigenvalue weighted by Crippen LogP contribution is -2.58. The Labute approximate surface area is 162 Å². The molecular weight excluding hydrogens is 364 g/mol. The molecule has 0 saturated heterocycles. The third kappa shape index (κ3) is 5.90. The Hall–Kier alpha value is -3.23. The van der Waals surface area contributed by atoms with Gasteiger partial charge in [-0.05, 0) is 24.1 Å². The van der Waals surface area contributed by atoms with Crippen LogP contribution in [0.25, 0.3) is 0 Å². The minimum Gasteiger partial charge on any atom is -0.459 e. The summed E-state index contributed by atoms with van der Waals surface area (Å²) in [5.74, 6) is -2.32. The molecule has 2 aromatic rings. The van der Waals surface area contributed by atoms with Gasteiger partial charge in [-0.2, -0.15) is 0 Å². The summed E-state index contributed by atoms with van der Waals surface area (Å²) in [6.07, 6.45) is -1.53. The number of carbonyl (C=O) groups is 3. The van der Waals surface area contributed by atoms with Gasteiger partial charge in [0.15, 0.2) is 0 Å². The maximum atomic E-state index is 12.4. The van der Waals surface area contributed by atoms with Crippen LogP contribution in [-0.4, -0.2) is 30.2 Å². The summed E-state index contributed by atoms with van der Waals surface area (Å²) in [5, 5.41) is 0. The molecule has 0 bridgehead atoms. The average molecular weight is 386 g/mol. The van der Waals surface area contributed by atoms with E-state index in [0.29, 0.717) is 11.1 Å². The van der Waals surface area contributed by atoms with Gasteiger partial charge in [0.2, 0.25) is 5.54 Å². The quantitative estimate of drug-likeness (QED) is 0.517. The first-order valence-corrected chi connectivity index (χ1v) is 8.59. The first-order valence-electron chi connectivity index (χ1n) is 8.59. The molecule has 4 N–H and O–H groups in total. The van der Waals surface area contributed by atoms with Crippen molar-refractivity contribution < 1.29 is 28.6 Å². The van der Waals surface area contributed by atoms with Crippen LogP contribution in [-0.2, 0) is 37.0 Å². The van der Waals surface area contributed by atoms with Crippen molar-refractivity contribution in [2.45, 2.75) is 25.2 Å². The molecule has 8 nitrogen and oxygen atoms in total. The standard InChI is InChI=1S/C20H22N2O6/c21-12-11-20(22,17(23)26-13-15-7-3-1-4-8-15)18(24)28-19(25)27-14-16-9-5-2-6-10-16/h1-10H,11-14,21-22H2. The minimum atomic E-state index is -2.21. The zero-order chi connectivity index (χ0) is 20.4. The summed E-state index contributed by atoms with van der Waals surface area (Å²) in [7, 11) is 0. The number of hydrogen-bond donors (Lipinski definition) is 2. The molecule has 0 saturated carbocycles. The van der Waals surface area contributed by atoms with E-state index < -0.39 is 23.6 Å². The van der Waals surface area contributed by atoms with E-state index in [1.165, 1.54) is 0 Å². The summed E-state index contributed by atoms with van der Waals surface area (Å²) in [5.41, 5.74) is 10.5. The molecular formula is C20H22N2O6. The first kappa shape index (κ1) is 21.1. The molecule has 0 fully saturated rings. The molecule has 2 aromatic carbocycles. The number of ether oxygens (including phenoxy) is 3. The highest BCUT2D eigenvalue weighted by Crippen LogP contribution is 2.14. The number of nitrogens with two attached hydrogens (primary N) is 2. The van der Waals surface area contributed by atoms with Gasteiger partial charge in [-0.15, -0.1) is 0 Å². The van der Waals surface area contributed by atoms with Crippen LogP contribution in [0.15, 0.2) is 60.7 Å². The SMILES string of the molecule is NCCC(N)(C(=O)OCc1ccccc1)C(=O)OC(=O)OCc1ccccc1. The Morgan fingerprint density at radius 3 is 1.79 bits per heavy atom. The van der Waals surface area contributed by atoms with Gasteiger partial charge in [-0.1, -0.05) is 60.7 Å². The van der Waals surface area contributed by atoms with Crippen molar-refractivity contribution in [3.8, 4) is 0 Å². The van der Waals surface area contributed by atoms with Crippen LogP contribution in [0, 0.1) is 0 Å². The van der Waals surface area contributed by atoms with Gasteiger partial charge >= 0.3 is 18.1 Å². The van der Waals surface area contributed by atoms with Crippen molar-refractivity contribution in [3.05, 3.63) is 71.8 Å². The van der Waals surface area contributed by atoms with Gasteiger partial charge in [0.25, 0.3) is 0 Å². The maximum absolute atomic E-state index is 12.4. The summed E-state index contributed by atoms with van der Waals surface area (Å²) in [6.45, 7) is -0.278. The predicted octanol–water partition coefficient (Wildman–Crippen LogP) is 1.66. The molecule has 1 atom stereocenters. The van der Waals surface area contributed by atoms with Gasteiger partial charge in [0.05, 0.1) is 0 Å². The molecule has 8 heteroatoms. The molecule has 0 heterocycles.